The van der Waals surface area contributed by atoms with E-state index < -0.39 is 34.9 Å². The predicted molar refractivity (Wildman–Crippen MR) is 98.8 cm³/mol. The third-order valence-electron chi connectivity index (χ3n) is 6.14. The van der Waals surface area contributed by atoms with Gasteiger partial charge in [-0.25, -0.2) is 8.78 Å². The fourth-order valence-electron chi connectivity index (χ4n) is 4.38. The second kappa shape index (κ2) is 7.00. The molecule has 146 valence electrons. The molecule has 2 aromatic carbocycles. The number of nitrogens with zero attached hydrogens (tertiary/aromatic N) is 1. The van der Waals surface area contributed by atoms with E-state index in [4.69, 9.17) is 0 Å². The van der Waals surface area contributed by atoms with Gasteiger partial charge in [0, 0.05) is 30.5 Å². The molecule has 0 unspecified atom stereocenters. The van der Waals surface area contributed by atoms with Gasteiger partial charge in [-0.1, -0.05) is 36.4 Å². The Hall–Kier alpha value is -2.76. The number of hydrogen-bond acceptors (Lipinski definition) is 2. The monoisotopic (exact) mass is 385 g/mol. The van der Waals surface area contributed by atoms with Crippen molar-refractivity contribution < 1.29 is 23.5 Å². The van der Waals surface area contributed by atoms with Crippen LogP contribution in [0.3, 0.4) is 0 Å². The number of carboxylic acid groups (broad SMARTS) is 1. The third-order valence-corrected chi connectivity index (χ3v) is 6.14. The third kappa shape index (κ3) is 3.07. The summed E-state index contributed by atoms with van der Waals surface area (Å²) in [6, 6.07) is 12.8. The average Bonchev–Trinajstić information content (AvgIpc) is 3.48. The summed E-state index contributed by atoms with van der Waals surface area (Å²) in [4.78, 5) is 26.5. The summed E-state index contributed by atoms with van der Waals surface area (Å²) in [7, 11) is 0. The summed E-state index contributed by atoms with van der Waals surface area (Å²) in [5.41, 5.74) is -0.270. The van der Waals surface area contributed by atoms with Gasteiger partial charge in [-0.15, -0.1) is 0 Å². The highest BCUT2D eigenvalue weighted by atomic mass is 19.1. The molecule has 1 aliphatic carbocycles. The van der Waals surface area contributed by atoms with Gasteiger partial charge >= 0.3 is 5.97 Å². The lowest BCUT2D eigenvalue weighted by atomic mass is 9.73. The molecule has 1 saturated carbocycles. The molecule has 1 N–H and O–H groups in total. The number of rotatable bonds is 4. The van der Waals surface area contributed by atoms with Crippen LogP contribution in [0.2, 0.25) is 0 Å². The minimum Gasteiger partial charge on any atom is -0.481 e. The summed E-state index contributed by atoms with van der Waals surface area (Å²) in [5, 5.41) is 9.85. The minimum absolute atomic E-state index is 0.0120. The lowest BCUT2D eigenvalue weighted by Crippen LogP contribution is -2.49. The number of halogens is 2. The number of carbonyl (C=O) groups excluding carboxylic acids is 1. The predicted octanol–water partition coefficient (Wildman–Crippen LogP) is 3.71. The van der Waals surface area contributed by atoms with Gasteiger partial charge in [-0.05, 0) is 37.0 Å². The highest BCUT2D eigenvalue weighted by molar-refractivity contribution is 5.85. The van der Waals surface area contributed by atoms with Gasteiger partial charge in [0.05, 0.1) is 5.41 Å². The molecule has 0 bridgehead atoms. The van der Waals surface area contributed by atoms with Gasteiger partial charge in [0.15, 0.2) is 0 Å². The van der Waals surface area contributed by atoms with Crippen LogP contribution in [-0.4, -0.2) is 35.0 Å². The Morgan fingerprint density at radius 1 is 0.964 bits per heavy atom. The Morgan fingerprint density at radius 2 is 1.57 bits per heavy atom. The minimum atomic E-state index is -1.00. The number of aliphatic carboxylic acids is 1. The first kappa shape index (κ1) is 18.6. The van der Waals surface area contributed by atoms with Gasteiger partial charge in [0.1, 0.15) is 11.6 Å². The molecule has 1 aliphatic heterocycles. The van der Waals surface area contributed by atoms with Crippen molar-refractivity contribution in [2.45, 2.75) is 30.6 Å². The maximum absolute atomic E-state index is 14.0. The van der Waals surface area contributed by atoms with Crippen molar-refractivity contribution in [1.29, 1.82) is 0 Å². The molecule has 2 aromatic rings. The van der Waals surface area contributed by atoms with E-state index in [1.165, 1.54) is 18.2 Å². The van der Waals surface area contributed by atoms with E-state index in [0.717, 1.165) is 5.56 Å². The lowest BCUT2D eigenvalue weighted by molar-refractivity contribution is -0.148. The van der Waals surface area contributed by atoms with Crippen LogP contribution in [0.1, 0.15) is 36.3 Å². The first-order valence-electron chi connectivity index (χ1n) is 9.45. The van der Waals surface area contributed by atoms with Crippen molar-refractivity contribution in [2.24, 2.45) is 5.92 Å². The first-order chi connectivity index (χ1) is 13.4. The van der Waals surface area contributed by atoms with Crippen LogP contribution in [-0.2, 0) is 15.0 Å². The summed E-state index contributed by atoms with van der Waals surface area (Å²) >= 11 is 0. The quantitative estimate of drug-likeness (QED) is 0.873. The Bertz CT molecular complexity index is 887. The number of carboxylic acids is 1. The molecule has 0 radical (unpaired) electrons. The fraction of sp³-hybridized carbons (Fsp3) is 0.364. The van der Waals surface area contributed by atoms with Crippen molar-refractivity contribution in [3.63, 3.8) is 0 Å². The molecule has 0 spiro atoms. The van der Waals surface area contributed by atoms with Crippen molar-refractivity contribution in [3.8, 4) is 0 Å². The summed E-state index contributed by atoms with van der Waals surface area (Å²) in [5.74, 6) is -3.13. The van der Waals surface area contributed by atoms with Crippen molar-refractivity contribution in [3.05, 3.63) is 71.3 Å². The van der Waals surface area contributed by atoms with E-state index >= 15 is 0 Å². The average molecular weight is 385 g/mol. The van der Waals surface area contributed by atoms with Gasteiger partial charge in [-0.2, -0.15) is 0 Å². The zero-order valence-corrected chi connectivity index (χ0v) is 15.3. The van der Waals surface area contributed by atoms with Crippen LogP contribution in [0.25, 0.3) is 0 Å². The molecule has 2 atom stereocenters. The van der Waals surface area contributed by atoms with E-state index in [0.29, 0.717) is 32.4 Å². The van der Waals surface area contributed by atoms with Gasteiger partial charge in [-0.3, -0.25) is 9.59 Å². The van der Waals surface area contributed by atoms with Gasteiger partial charge in [0.2, 0.25) is 5.91 Å². The molecule has 6 heteroatoms. The molecule has 1 saturated heterocycles. The molecule has 4 nitrogen and oxygen atoms in total. The van der Waals surface area contributed by atoms with E-state index in [9.17, 15) is 23.5 Å². The van der Waals surface area contributed by atoms with Crippen LogP contribution in [0.15, 0.2) is 48.5 Å². The fourth-order valence-corrected chi connectivity index (χ4v) is 4.38. The second-order valence-corrected chi connectivity index (χ2v) is 7.66. The van der Waals surface area contributed by atoms with Crippen LogP contribution in [0.5, 0.6) is 0 Å². The lowest BCUT2D eigenvalue weighted by Gasteiger charge is -2.39. The number of carbonyl (C=O) groups is 2. The molecular formula is C22H21F2NO3. The Kier molecular flexibility index (Phi) is 4.65. The smallest absolute Gasteiger partial charge is 0.314 e. The maximum Gasteiger partial charge on any atom is 0.314 e. The molecular weight excluding hydrogens is 364 g/mol. The molecule has 0 aromatic heterocycles. The standard InChI is InChI=1S/C22H21F2NO3/c23-17-7-4-8-18(24)19(17)15-13-16(15)20(26)25-11-9-22(10-12-25,21(27)28)14-5-2-1-3-6-14/h1-8,15-16H,9-13H2,(H,27,28)/t15-,16-/m0/s1. The Labute approximate surface area is 161 Å². The topological polar surface area (TPSA) is 57.6 Å². The Balaban J connectivity index is 1.46. The van der Waals surface area contributed by atoms with E-state index in [-0.39, 0.29) is 11.5 Å². The Morgan fingerprint density at radius 3 is 2.14 bits per heavy atom. The first-order valence-corrected chi connectivity index (χ1v) is 9.45. The van der Waals surface area contributed by atoms with E-state index in [1.807, 2.05) is 30.3 Å². The van der Waals surface area contributed by atoms with Crippen LogP contribution in [0, 0.1) is 17.6 Å². The number of likely N-dealkylation sites (tertiary alicyclic amines) is 1. The SMILES string of the molecule is O=C([C@H]1C[C@@H]1c1c(F)cccc1F)N1CCC(C(=O)O)(c2ccccc2)CC1. The molecule has 1 amide bonds. The normalized spacial score (nSPS) is 23.3. The van der Waals surface area contributed by atoms with Crippen molar-refractivity contribution >= 4 is 11.9 Å². The highest BCUT2D eigenvalue weighted by Gasteiger charge is 2.50. The maximum atomic E-state index is 14.0. The molecule has 1 heterocycles. The number of hydrogen-bond donors (Lipinski definition) is 1. The zero-order valence-electron chi connectivity index (χ0n) is 15.3. The number of benzene rings is 2. The van der Waals surface area contributed by atoms with Gasteiger partial charge < -0.3 is 10.0 Å². The van der Waals surface area contributed by atoms with Crippen LogP contribution < -0.4 is 0 Å². The van der Waals surface area contributed by atoms with Crippen LogP contribution >= 0.6 is 0 Å². The second-order valence-electron chi connectivity index (χ2n) is 7.66. The van der Waals surface area contributed by atoms with Gasteiger partial charge in [0.25, 0.3) is 0 Å². The van der Waals surface area contributed by atoms with Crippen molar-refractivity contribution in [1.82, 2.24) is 4.90 Å². The van der Waals surface area contributed by atoms with E-state index in [2.05, 4.69) is 0 Å². The molecule has 2 fully saturated rings. The molecule has 2 aliphatic rings. The van der Waals surface area contributed by atoms with Crippen LogP contribution in [0.4, 0.5) is 8.78 Å². The molecule has 28 heavy (non-hydrogen) atoms. The zero-order chi connectivity index (χ0) is 19.9. The summed E-state index contributed by atoms with van der Waals surface area (Å²) < 4.78 is 27.9. The van der Waals surface area contributed by atoms with Crippen molar-refractivity contribution in [2.75, 3.05) is 13.1 Å². The highest BCUT2D eigenvalue weighted by Crippen LogP contribution is 2.50. The van der Waals surface area contributed by atoms with E-state index in [1.54, 1.807) is 4.90 Å². The number of piperidine rings is 1. The summed E-state index contributed by atoms with van der Waals surface area (Å²) in [6.45, 7) is 0.645. The number of amides is 1. The largest absolute Gasteiger partial charge is 0.481 e. The summed E-state index contributed by atoms with van der Waals surface area (Å²) in [6.07, 6.45) is 1.07. The molecule has 4 rings (SSSR count).